The van der Waals surface area contributed by atoms with Crippen LogP contribution in [0.5, 0.6) is 0 Å². The van der Waals surface area contributed by atoms with E-state index in [2.05, 4.69) is 19.7 Å². The Hall–Kier alpha value is -2.27. The van der Waals surface area contributed by atoms with Crippen molar-refractivity contribution in [1.82, 2.24) is 24.4 Å². The number of H-pyrrole nitrogens is 1. The van der Waals surface area contributed by atoms with E-state index in [4.69, 9.17) is 15.5 Å². The van der Waals surface area contributed by atoms with Crippen molar-refractivity contribution in [3.63, 3.8) is 0 Å². The van der Waals surface area contributed by atoms with E-state index in [1.807, 2.05) is 0 Å². The fourth-order valence-electron chi connectivity index (χ4n) is 2.34. The largest absolute Gasteiger partial charge is 0.469 e. The summed E-state index contributed by atoms with van der Waals surface area (Å²) in [6.07, 6.45) is 1.20. The fraction of sp³-hybridized carbons (Fsp3) is 0.538. The molecule has 2 aromatic heterocycles. The zero-order chi connectivity index (χ0) is 19.3. The monoisotopic (exact) mass is 388 g/mol. The molecule has 144 valence electrons. The van der Waals surface area contributed by atoms with Crippen LogP contribution in [0.3, 0.4) is 0 Å². The van der Waals surface area contributed by atoms with Gasteiger partial charge < -0.3 is 29.7 Å². The van der Waals surface area contributed by atoms with Gasteiger partial charge in [0, 0.05) is 26.2 Å². The van der Waals surface area contributed by atoms with Crippen molar-refractivity contribution < 1.29 is 23.9 Å². The number of hydrogen-bond acceptors (Lipinski definition) is 8. The molecule has 0 radical (unpaired) electrons. The summed E-state index contributed by atoms with van der Waals surface area (Å²) in [5.41, 5.74) is 5.56. The van der Waals surface area contributed by atoms with E-state index in [1.54, 1.807) is 9.47 Å². The van der Waals surface area contributed by atoms with Gasteiger partial charge in [-0.05, 0) is 0 Å². The Labute approximate surface area is 148 Å². The van der Waals surface area contributed by atoms with Crippen LogP contribution in [0.2, 0.25) is 0 Å². The Morgan fingerprint density at radius 1 is 1.42 bits per heavy atom. The number of nitrogen functional groups attached to an aromatic ring is 1. The van der Waals surface area contributed by atoms with Gasteiger partial charge in [-0.1, -0.05) is 0 Å². The van der Waals surface area contributed by atoms with E-state index in [0.29, 0.717) is 18.7 Å². The Balaban J connectivity index is 2.08. The average molecular weight is 388 g/mol. The number of carbonyl (C=O) groups excluding carboxylic acids is 1. The summed E-state index contributed by atoms with van der Waals surface area (Å²) in [5, 5.41) is 0. The molecule has 0 aliphatic carbocycles. The first kappa shape index (κ1) is 20.0. The van der Waals surface area contributed by atoms with Crippen molar-refractivity contribution >= 4 is 30.7 Å². The number of methoxy groups -OCH3 is 1. The number of anilines is 1. The molecule has 13 heteroatoms. The summed E-state index contributed by atoms with van der Waals surface area (Å²) in [4.78, 5) is 53.3. The number of fused-ring (bicyclic) bond motifs is 1. The Bertz CT molecular complexity index is 874. The molecule has 0 aromatic carbocycles. The van der Waals surface area contributed by atoms with Crippen LogP contribution in [0.4, 0.5) is 5.95 Å². The predicted molar refractivity (Wildman–Crippen MR) is 92.5 cm³/mol. The minimum atomic E-state index is -4.16. The van der Waals surface area contributed by atoms with Gasteiger partial charge in [0.25, 0.3) is 5.56 Å². The number of carbonyl (C=O) groups is 1. The smallest absolute Gasteiger partial charge is 0.326 e. The second-order valence-electron chi connectivity index (χ2n) is 5.62. The molecule has 0 atom stereocenters. The quantitative estimate of drug-likeness (QED) is 0.300. The van der Waals surface area contributed by atoms with Gasteiger partial charge in [0.1, 0.15) is 0 Å². The van der Waals surface area contributed by atoms with Crippen molar-refractivity contribution in [3.05, 3.63) is 16.7 Å². The van der Waals surface area contributed by atoms with Crippen LogP contribution in [-0.2, 0) is 20.6 Å². The number of imidazole rings is 1. The number of nitrogens with two attached hydrogens (primary N) is 1. The predicted octanol–water partition coefficient (Wildman–Crippen LogP) is -1.26. The van der Waals surface area contributed by atoms with Gasteiger partial charge in [-0.2, -0.15) is 4.98 Å². The number of ether oxygens (including phenoxy) is 1. The van der Waals surface area contributed by atoms with Crippen LogP contribution in [-0.4, -0.2) is 73.1 Å². The van der Waals surface area contributed by atoms with Crippen molar-refractivity contribution in [3.8, 4) is 0 Å². The van der Waals surface area contributed by atoms with Crippen LogP contribution in [0.15, 0.2) is 11.1 Å². The molecule has 2 aromatic rings. The summed E-state index contributed by atoms with van der Waals surface area (Å²) >= 11 is 0. The summed E-state index contributed by atoms with van der Waals surface area (Å²) in [5.74, 6) is -0.450. The molecule has 0 saturated heterocycles. The second kappa shape index (κ2) is 8.41. The molecule has 0 amide bonds. The van der Waals surface area contributed by atoms with Gasteiger partial charge in [0.05, 0.1) is 26.0 Å². The molecule has 2 rings (SSSR count). The van der Waals surface area contributed by atoms with Gasteiger partial charge in [0.2, 0.25) is 5.95 Å². The van der Waals surface area contributed by atoms with Gasteiger partial charge in [0.15, 0.2) is 11.2 Å². The molecule has 0 fully saturated rings. The highest BCUT2D eigenvalue weighted by Gasteiger charge is 2.17. The van der Waals surface area contributed by atoms with Gasteiger partial charge in [-0.25, -0.2) is 4.98 Å². The van der Waals surface area contributed by atoms with Crippen LogP contribution in [0, 0.1) is 0 Å². The first-order valence-corrected chi connectivity index (χ1v) is 9.53. The number of nitrogens with one attached hydrogen (secondary N) is 1. The van der Waals surface area contributed by atoms with Crippen LogP contribution < -0.4 is 11.3 Å². The highest BCUT2D eigenvalue weighted by Crippen LogP contribution is 2.33. The zero-order valence-electron chi connectivity index (χ0n) is 14.2. The fourth-order valence-corrected chi connectivity index (χ4v) is 2.89. The lowest BCUT2D eigenvalue weighted by Gasteiger charge is -2.22. The summed E-state index contributed by atoms with van der Waals surface area (Å²) in [7, 11) is -2.89. The molecule has 0 bridgehead atoms. The van der Waals surface area contributed by atoms with E-state index in [1.165, 1.54) is 13.4 Å². The molecule has 0 aliphatic rings. The molecule has 0 spiro atoms. The molecule has 0 saturated carbocycles. The Morgan fingerprint density at radius 3 is 2.81 bits per heavy atom. The van der Waals surface area contributed by atoms with E-state index >= 15 is 0 Å². The molecule has 12 nitrogen and oxygen atoms in total. The third-order valence-corrected chi connectivity index (χ3v) is 4.50. The highest BCUT2D eigenvalue weighted by atomic mass is 31.2. The maximum Gasteiger partial charge on any atom is 0.326 e. The lowest BCUT2D eigenvalue weighted by molar-refractivity contribution is -0.140. The maximum absolute atomic E-state index is 11.8. The number of aromatic amines is 1. The Kier molecular flexibility index (Phi) is 6.48. The number of aromatic nitrogens is 4. The molecule has 2 heterocycles. The normalized spacial score (nSPS) is 12.0. The molecular weight excluding hydrogens is 367 g/mol. The minimum absolute atomic E-state index is 0.0340. The first-order chi connectivity index (χ1) is 12.2. The van der Waals surface area contributed by atoms with Crippen molar-refractivity contribution in [2.45, 2.75) is 13.0 Å². The SMILES string of the molecule is COC(=O)CCN(CCn1cnc2c(=O)[nH]c(N)nc21)CCP(=O)(O)O. The number of rotatable bonds is 9. The lowest BCUT2D eigenvalue weighted by atomic mass is 10.3. The highest BCUT2D eigenvalue weighted by molar-refractivity contribution is 7.51. The van der Waals surface area contributed by atoms with E-state index in [9.17, 15) is 14.2 Å². The second-order valence-corrected chi connectivity index (χ2v) is 7.39. The first-order valence-electron chi connectivity index (χ1n) is 7.74. The van der Waals surface area contributed by atoms with Crippen molar-refractivity contribution in [2.75, 3.05) is 38.6 Å². The van der Waals surface area contributed by atoms with E-state index < -0.39 is 19.1 Å². The minimum Gasteiger partial charge on any atom is -0.469 e. The van der Waals surface area contributed by atoms with Crippen LogP contribution in [0.1, 0.15) is 6.42 Å². The summed E-state index contributed by atoms with van der Waals surface area (Å²) in [6.45, 7) is 1.07. The third kappa shape index (κ3) is 5.63. The maximum atomic E-state index is 11.8. The number of nitrogens with zero attached hydrogens (tertiary/aromatic N) is 4. The zero-order valence-corrected chi connectivity index (χ0v) is 15.1. The standard InChI is InChI=1S/C13H21N6O6P/c1-25-9(20)2-3-18(6-7-26(22,23)24)4-5-19-8-15-10-11(19)16-13(14)17-12(10)21/h8H,2-7H2,1H3,(H2,22,23,24)(H3,14,16,17,21). The molecule has 5 N–H and O–H groups in total. The Morgan fingerprint density at radius 2 is 2.15 bits per heavy atom. The van der Waals surface area contributed by atoms with Gasteiger partial charge >= 0.3 is 13.6 Å². The van der Waals surface area contributed by atoms with Gasteiger partial charge in [-0.3, -0.25) is 19.1 Å². The molecule has 26 heavy (non-hydrogen) atoms. The summed E-state index contributed by atoms with van der Waals surface area (Å²) in [6, 6.07) is 0. The van der Waals surface area contributed by atoms with Crippen molar-refractivity contribution in [2.24, 2.45) is 0 Å². The topological polar surface area (TPSA) is 177 Å². The van der Waals surface area contributed by atoms with Crippen molar-refractivity contribution in [1.29, 1.82) is 0 Å². The molecule has 0 aliphatic heterocycles. The number of esters is 1. The van der Waals surface area contributed by atoms with Crippen LogP contribution >= 0.6 is 7.60 Å². The summed E-state index contributed by atoms with van der Waals surface area (Å²) < 4.78 is 17.3. The van der Waals surface area contributed by atoms with Crippen LogP contribution in [0.25, 0.3) is 11.2 Å². The van der Waals surface area contributed by atoms with E-state index in [0.717, 1.165) is 0 Å². The van der Waals surface area contributed by atoms with Gasteiger partial charge in [-0.15, -0.1) is 0 Å². The third-order valence-electron chi connectivity index (χ3n) is 3.72. The molecule has 0 unspecified atom stereocenters. The number of hydrogen-bond donors (Lipinski definition) is 4. The molecular formula is C13H21N6O6P. The van der Waals surface area contributed by atoms with E-state index in [-0.39, 0.29) is 37.1 Å². The average Bonchev–Trinajstić information content (AvgIpc) is 2.96. The lowest BCUT2D eigenvalue weighted by Crippen LogP contribution is -2.32.